The molecule has 0 unspecified atom stereocenters. The summed E-state index contributed by atoms with van der Waals surface area (Å²) < 4.78 is 12.9. The van der Waals surface area contributed by atoms with E-state index in [1.165, 1.54) is 18.0 Å². The van der Waals surface area contributed by atoms with Crippen molar-refractivity contribution in [2.45, 2.75) is 26.2 Å². The van der Waals surface area contributed by atoms with Crippen LogP contribution in [0, 0.1) is 5.95 Å². The number of hydrogen-bond acceptors (Lipinski definition) is 3. The number of halogens is 1. The number of rotatable bonds is 2. The third-order valence-electron chi connectivity index (χ3n) is 2.66. The van der Waals surface area contributed by atoms with Crippen LogP contribution in [0.4, 0.5) is 15.9 Å². The summed E-state index contributed by atoms with van der Waals surface area (Å²) in [6.45, 7) is 6.49. The van der Waals surface area contributed by atoms with Crippen molar-refractivity contribution in [2.75, 3.05) is 5.32 Å². The number of aromatic nitrogens is 2. The quantitative estimate of drug-likeness (QED) is 0.820. The summed E-state index contributed by atoms with van der Waals surface area (Å²) in [5.41, 5.74) is 2.25. The van der Waals surface area contributed by atoms with E-state index < -0.39 is 5.95 Å². The largest absolute Gasteiger partial charge is 0.340 e. The standard InChI is InChI=1S/C14H16FN3/c1-14(2,3)10-4-6-11(7-5-10)18-13-8-12(15)16-9-17-13/h4-9H,1-3H3,(H,16,17,18). The summed E-state index contributed by atoms with van der Waals surface area (Å²) in [5, 5.41) is 3.03. The predicted octanol–water partition coefficient (Wildman–Crippen LogP) is 3.66. The molecule has 0 bridgehead atoms. The highest BCUT2D eigenvalue weighted by Gasteiger charge is 2.12. The van der Waals surface area contributed by atoms with Gasteiger partial charge in [-0.05, 0) is 23.1 Å². The fourth-order valence-electron chi connectivity index (χ4n) is 1.60. The number of benzene rings is 1. The molecule has 0 spiro atoms. The first-order valence-electron chi connectivity index (χ1n) is 5.80. The fraction of sp³-hybridized carbons (Fsp3) is 0.286. The molecule has 1 heterocycles. The molecule has 0 fully saturated rings. The smallest absolute Gasteiger partial charge is 0.218 e. The number of nitrogens with one attached hydrogen (secondary N) is 1. The van der Waals surface area contributed by atoms with E-state index in [0.717, 1.165) is 5.69 Å². The van der Waals surface area contributed by atoms with E-state index in [0.29, 0.717) is 5.82 Å². The second-order valence-corrected chi connectivity index (χ2v) is 5.18. The molecule has 1 aromatic carbocycles. The Morgan fingerprint density at radius 3 is 2.28 bits per heavy atom. The van der Waals surface area contributed by atoms with Crippen LogP contribution in [0.25, 0.3) is 0 Å². The average molecular weight is 245 g/mol. The molecule has 94 valence electrons. The van der Waals surface area contributed by atoms with Crippen molar-refractivity contribution in [3.63, 3.8) is 0 Å². The minimum Gasteiger partial charge on any atom is -0.340 e. The second kappa shape index (κ2) is 4.72. The van der Waals surface area contributed by atoms with Gasteiger partial charge in [-0.25, -0.2) is 9.97 Å². The van der Waals surface area contributed by atoms with Crippen LogP contribution in [-0.2, 0) is 5.41 Å². The van der Waals surface area contributed by atoms with Gasteiger partial charge in [0.05, 0.1) is 0 Å². The van der Waals surface area contributed by atoms with Gasteiger partial charge in [-0.3, -0.25) is 0 Å². The lowest BCUT2D eigenvalue weighted by Gasteiger charge is -2.19. The fourth-order valence-corrected chi connectivity index (χ4v) is 1.60. The Kier molecular flexibility index (Phi) is 3.28. The van der Waals surface area contributed by atoms with Gasteiger partial charge >= 0.3 is 0 Å². The Morgan fingerprint density at radius 1 is 1.06 bits per heavy atom. The van der Waals surface area contributed by atoms with E-state index >= 15 is 0 Å². The third-order valence-corrected chi connectivity index (χ3v) is 2.66. The maximum atomic E-state index is 12.9. The van der Waals surface area contributed by atoms with Gasteiger partial charge in [-0.2, -0.15) is 4.39 Å². The van der Waals surface area contributed by atoms with E-state index in [9.17, 15) is 4.39 Å². The van der Waals surface area contributed by atoms with E-state index in [1.54, 1.807) is 0 Å². The van der Waals surface area contributed by atoms with E-state index in [-0.39, 0.29) is 5.41 Å². The molecule has 2 rings (SSSR count). The lowest BCUT2D eigenvalue weighted by molar-refractivity contribution is 0.580. The first-order valence-corrected chi connectivity index (χ1v) is 5.80. The number of nitrogens with zero attached hydrogens (tertiary/aromatic N) is 2. The summed E-state index contributed by atoms with van der Waals surface area (Å²) in [6, 6.07) is 9.29. The Morgan fingerprint density at radius 2 is 1.72 bits per heavy atom. The average Bonchev–Trinajstić information content (AvgIpc) is 2.28. The first-order chi connectivity index (χ1) is 8.45. The molecule has 2 aromatic rings. The molecule has 4 heteroatoms. The highest BCUT2D eigenvalue weighted by atomic mass is 19.1. The third kappa shape index (κ3) is 3.03. The van der Waals surface area contributed by atoms with Gasteiger partial charge in [-0.1, -0.05) is 32.9 Å². The van der Waals surface area contributed by atoms with Gasteiger partial charge in [0.1, 0.15) is 12.1 Å². The summed E-state index contributed by atoms with van der Waals surface area (Å²) in [6.07, 6.45) is 1.20. The molecule has 0 aliphatic rings. The molecular weight excluding hydrogens is 229 g/mol. The van der Waals surface area contributed by atoms with Crippen molar-refractivity contribution in [2.24, 2.45) is 0 Å². The maximum Gasteiger partial charge on any atom is 0.218 e. The minimum atomic E-state index is -0.543. The second-order valence-electron chi connectivity index (χ2n) is 5.18. The van der Waals surface area contributed by atoms with Gasteiger partial charge in [0.25, 0.3) is 0 Å². The Balaban J connectivity index is 2.16. The number of hydrogen-bond donors (Lipinski definition) is 1. The van der Waals surface area contributed by atoms with Crippen molar-refractivity contribution < 1.29 is 4.39 Å². The van der Waals surface area contributed by atoms with Crippen molar-refractivity contribution in [1.82, 2.24) is 9.97 Å². The highest BCUT2D eigenvalue weighted by Crippen LogP contribution is 2.24. The molecule has 0 amide bonds. The predicted molar refractivity (Wildman–Crippen MR) is 70.4 cm³/mol. The van der Waals surface area contributed by atoms with Crippen molar-refractivity contribution in [1.29, 1.82) is 0 Å². The molecule has 0 radical (unpaired) electrons. The van der Waals surface area contributed by atoms with E-state index in [4.69, 9.17) is 0 Å². The maximum absolute atomic E-state index is 12.9. The van der Waals surface area contributed by atoms with Gasteiger partial charge in [0, 0.05) is 11.8 Å². The lowest BCUT2D eigenvalue weighted by atomic mass is 9.87. The molecule has 0 aliphatic carbocycles. The normalized spacial score (nSPS) is 11.3. The Bertz CT molecular complexity index is 529. The molecule has 0 saturated carbocycles. The van der Waals surface area contributed by atoms with Crippen LogP contribution in [0.1, 0.15) is 26.3 Å². The van der Waals surface area contributed by atoms with E-state index in [1.807, 2.05) is 12.1 Å². The van der Waals surface area contributed by atoms with Crippen LogP contribution in [0.3, 0.4) is 0 Å². The Hall–Kier alpha value is -1.97. The van der Waals surface area contributed by atoms with Crippen LogP contribution in [0.5, 0.6) is 0 Å². The minimum absolute atomic E-state index is 0.125. The van der Waals surface area contributed by atoms with Gasteiger partial charge < -0.3 is 5.32 Å². The zero-order chi connectivity index (χ0) is 13.2. The molecule has 18 heavy (non-hydrogen) atoms. The molecule has 1 aromatic heterocycles. The van der Waals surface area contributed by atoms with Gasteiger partial charge in [0.2, 0.25) is 5.95 Å². The first kappa shape index (κ1) is 12.5. The zero-order valence-electron chi connectivity index (χ0n) is 10.7. The van der Waals surface area contributed by atoms with Crippen LogP contribution < -0.4 is 5.32 Å². The van der Waals surface area contributed by atoms with Crippen LogP contribution >= 0.6 is 0 Å². The molecule has 0 aliphatic heterocycles. The summed E-state index contributed by atoms with van der Waals surface area (Å²) >= 11 is 0. The van der Waals surface area contributed by atoms with Crippen LogP contribution in [-0.4, -0.2) is 9.97 Å². The summed E-state index contributed by atoms with van der Waals surface area (Å²) in [5.74, 6) is -0.0928. The monoisotopic (exact) mass is 245 g/mol. The molecule has 0 saturated heterocycles. The molecule has 1 N–H and O–H groups in total. The lowest BCUT2D eigenvalue weighted by Crippen LogP contribution is -2.10. The SMILES string of the molecule is CC(C)(C)c1ccc(Nc2cc(F)ncn2)cc1. The van der Waals surface area contributed by atoms with Crippen molar-refractivity contribution in [3.8, 4) is 0 Å². The van der Waals surface area contributed by atoms with E-state index in [2.05, 4.69) is 48.2 Å². The molecular formula is C14H16FN3. The van der Waals surface area contributed by atoms with Crippen LogP contribution in [0.15, 0.2) is 36.7 Å². The van der Waals surface area contributed by atoms with Crippen molar-refractivity contribution >= 4 is 11.5 Å². The van der Waals surface area contributed by atoms with Crippen LogP contribution in [0.2, 0.25) is 0 Å². The summed E-state index contributed by atoms with van der Waals surface area (Å²) in [4.78, 5) is 7.35. The molecule has 0 atom stereocenters. The Labute approximate surface area is 106 Å². The highest BCUT2D eigenvalue weighted by molar-refractivity contribution is 5.56. The molecule has 3 nitrogen and oxygen atoms in total. The topological polar surface area (TPSA) is 37.8 Å². The van der Waals surface area contributed by atoms with Gasteiger partial charge in [0.15, 0.2) is 0 Å². The van der Waals surface area contributed by atoms with Crippen molar-refractivity contribution in [3.05, 3.63) is 48.2 Å². The van der Waals surface area contributed by atoms with Gasteiger partial charge in [-0.15, -0.1) is 0 Å². The summed E-state index contributed by atoms with van der Waals surface area (Å²) in [7, 11) is 0. The number of anilines is 2. The zero-order valence-corrected chi connectivity index (χ0v) is 10.7.